The van der Waals surface area contributed by atoms with Crippen LogP contribution < -0.4 is 5.32 Å². The third kappa shape index (κ3) is 3.81. The number of benzene rings is 1. The van der Waals surface area contributed by atoms with Crippen molar-refractivity contribution < 1.29 is 4.74 Å². The van der Waals surface area contributed by atoms with Gasteiger partial charge in [-0.1, -0.05) is 28.1 Å². The molecule has 1 N–H and O–H groups in total. The molecule has 1 saturated heterocycles. The van der Waals surface area contributed by atoms with Gasteiger partial charge in [0.1, 0.15) is 0 Å². The molecule has 0 amide bonds. The Morgan fingerprint density at radius 1 is 1.28 bits per heavy atom. The fourth-order valence-corrected chi connectivity index (χ4v) is 3.04. The molecule has 2 nitrogen and oxygen atoms in total. The minimum Gasteiger partial charge on any atom is -0.381 e. The van der Waals surface area contributed by atoms with Gasteiger partial charge in [-0.15, -0.1) is 0 Å². The van der Waals surface area contributed by atoms with Crippen LogP contribution in [0.4, 0.5) is 0 Å². The van der Waals surface area contributed by atoms with Gasteiger partial charge in [0.05, 0.1) is 0 Å². The molecule has 0 aromatic heterocycles. The number of hydrogen-bond donors (Lipinski definition) is 1. The van der Waals surface area contributed by atoms with Gasteiger partial charge in [-0.3, -0.25) is 0 Å². The van der Waals surface area contributed by atoms with Crippen molar-refractivity contribution in [1.29, 1.82) is 0 Å². The molecule has 100 valence electrons. The van der Waals surface area contributed by atoms with Crippen molar-refractivity contribution in [2.45, 2.75) is 38.8 Å². The summed E-state index contributed by atoms with van der Waals surface area (Å²) in [6.07, 6.45) is 2.36. The highest BCUT2D eigenvalue weighted by molar-refractivity contribution is 9.10. The summed E-state index contributed by atoms with van der Waals surface area (Å²) >= 11 is 3.53. The van der Waals surface area contributed by atoms with Crippen molar-refractivity contribution in [2.24, 2.45) is 5.92 Å². The lowest BCUT2D eigenvalue weighted by Gasteiger charge is -2.30. The normalized spacial score (nSPS) is 20.6. The van der Waals surface area contributed by atoms with E-state index < -0.39 is 0 Å². The topological polar surface area (TPSA) is 21.3 Å². The highest BCUT2D eigenvalue weighted by Crippen LogP contribution is 2.23. The van der Waals surface area contributed by atoms with Gasteiger partial charge in [0.15, 0.2) is 0 Å². The number of hydrogen-bond acceptors (Lipinski definition) is 2. The van der Waals surface area contributed by atoms with Gasteiger partial charge >= 0.3 is 0 Å². The molecule has 0 radical (unpaired) electrons. The molecule has 1 heterocycles. The van der Waals surface area contributed by atoms with Gasteiger partial charge < -0.3 is 10.1 Å². The molecule has 1 aliphatic heterocycles. The van der Waals surface area contributed by atoms with E-state index in [9.17, 15) is 0 Å². The summed E-state index contributed by atoms with van der Waals surface area (Å²) in [4.78, 5) is 0. The molecule has 2 unspecified atom stereocenters. The van der Waals surface area contributed by atoms with E-state index >= 15 is 0 Å². The molecule has 3 heteroatoms. The Bertz CT molecular complexity index is 377. The number of halogens is 1. The Morgan fingerprint density at radius 2 is 2.00 bits per heavy atom. The third-order valence-corrected chi connectivity index (χ3v) is 4.33. The molecule has 1 aliphatic rings. The summed E-state index contributed by atoms with van der Waals surface area (Å²) in [5.74, 6) is 0.744. The van der Waals surface area contributed by atoms with Crippen LogP contribution in [0.15, 0.2) is 28.7 Å². The van der Waals surface area contributed by atoms with Gasteiger partial charge in [0.25, 0.3) is 0 Å². The van der Waals surface area contributed by atoms with Crippen LogP contribution in [-0.4, -0.2) is 19.3 Å². The van der Waals surface area contributed by atoms with Gasteiger partial charge in [-0.25, -0.2) is 0 Å². The zero-order chi connectivity index (χ0) is 13.0. The molecule has 0 aliphatic carbocycles. The molecule has 0 spiro atoms. The van der Waals surface area contributed by atoms with Crippen molar-refractivity contribution in [3.05, 3.63) is 34.3 Å². The van der Waals surface area contributed by atoms with E-state index in [1.54, 1.807) is 0 Å². The van der Waals surface area contributed by atoms with Crippen molar-refractivity contribution >= 4 is 15.9 Å². The third-order valence-electron chi connectivity index (χ3n) is 3.83. The highest BCUT2D eigenvalue weighted by atomic mass is 79.9. The maximum absolute atomic E-state index is 5.42. The fraction of sp³-hybridized carbons (Fsp3) is 0.600. The maximum atomic E-state index is 5.42. The summed E-state index contributed by atoms with van der Waals surface area (Å²) in [5.41, 5.74) is 1.34. The highest BCUT2D eigenvalue weighted by Gasteiger charge is 2.21. The molecule has 2 rings (SSSR count). The van der Waals surface area contributed by atoms with Crippen LogP contribution in [-0.2, 0) is 4.74 Å². The van der Waals surface area contributed by atoms with Gasteiger partial charge in [-0.05, 0) is 50.3 Å². The van der Waals surface area contributed by atoms with Crippen molar-refractivity contribution in [3.63, 3.8) is 0 Å². The van der Waals surface area contributed by atoms with Crippen molar-refractivity contribution in [2.75, 3.05) is 13.2 Å². The molecular formula is C15H22BrNO. The van der Waals surface area contributed by atoms with E-state index in [1.165, 1.54) is 18.4 Å². The first-order chi connectivity index (χ1) is 8.66. The molecule has 2 atom stereocenters. The summed E-state index contributed by atoms with van der Waals surface area (Å²) in [6, 6.07) is 9.46. The van der Waals surface area contributed by atoms with E-state index in [4.69, 9.17) is 4.74 Å². The second-order valence-corrected chi connectivity index (χ2v) is 6.10. The summed E-state index contributed by atoms with van der Waals surface area (Å²) < 4.78 is 6.57. The molecule has 0 saturated carbocycles. The predicted molar refractivity (Wildman–Crippen MR) is 78.7 cm³/mol. The lowest BCUT2D eigenvalue weighted by molar-refractivity contribution is 0.0547. The van der Waals surface area contributed by atoms with Crippen LogP contribution >= 0.6 is 15.9 Å². The molecule has 1 aromatic carbocycles. The summed E-state index contributed by atoms with van der Waals surface area (Å²) in [7, 11) is 0. The van der Waals surface area contributed by atoms with E-state index in [0.717, 1.165) is 23.6 Å². The van der Waals surface area contributed by atoms with Crippen LogP contribution in [0.5, 0.6) is 0 Å². The SMILES string of the molecule is CC(NC(C)C1CCOCC1)c1cccc(Br)c1. The Labute approximate surface area is 118 Å². The Hall–Kier alpha value is -0.380. The molecular weight excluding hydrogens is 290 g/mol. The Morgan fingerprint density at radius 3 is 2.67 bits per heavy atom. The molecule has 18 heavy (non-hydrogen) atoms. The van der Waals surface area contributed by atoms with Crippen LogP contribution in [0.3, 0.4) is 0 Å². The lowest BCUT2D eigenvalue weighted by Crippen LogP contribution is -2.38. The van der Waals surface area contributed by atoms with Crippen LogP contribution in [0, 0.1) is 5.92 Å². The van der Waals surface area contributed by atoms with Crippen molar-refractivity contribution in [1.82, 2.24) is 5.32 Å². The van der Waals surface area contributed by atoms with E-state index in [1.807, 2.05) is 0 Å². The van der Waals surface area contributed by atoms with Gasteiger partial charge in [-0.2, -0.15) is 0 Å². The smallest absolute Gasteiger partial charge is 0.0469 e. The Kier molecular flexibility index (Phi) is 5.22. The Balaban J connectivity index is 1.91. The number of ether oxygens (including phenoxy) is 1. The predicted octanol–water partition coefficient (Wildman–Crippen LogP) is 3.91. The zero-order valence-corrected chi connectivity index (χ0v) is 12.7. The quantitative estimate of drug-likeness (QED) is 0.910. The number of rotatable bonds is 4. The average Bonchev–Trinajstić information content (AvgIpc) is 2.39. The van der Waals surface area contributed by atoms with Crippen LogP contribution in [0.1, 0.15) is 38.3 Å². The average molecular weight is 312 g/mol. The first-order valence-corrected chi connectivity index (χ1v) is 7.55. The van der Waals surface area contributed by atoms with E-state index in [-0.39, 0.29) is 0 Å². The zero-order valence-electron chi connectivity index (χ0n) is 11.2. The minimum absolute atomic E-state index is 0.389. The van der Waals surface area contributed by atoms with Gasteiger partial charge in [0.2, 0.25) is 0 Å². The first-order valence-electron chi connectivity index (χ1n) is 6.76. The van der Waals surface area contributed by atoms with E-state index in [0.29, 0.717) is 12.1 Å². The van der Waals surface area contributed by atoms with E-state index in [2.05, 4.69) is 59.4 Å². The standard InChI is InChI=1S/C15H22BrNO/c1-11(13-6-8-18-9-7-13)17-12(2)14-4-3-5-15(16)10-14/h3-5,10-13,17H,6-9H2,1-2H3. The monoisotopic (exact) mass is 311 g/mol. The molecule has 1 fully saturated rings. The first kappa shape index (κ1) is 14.0. The second-order valence-electron chi connectivity index (χ2n) is 5.18. The minimum atomic E-state index is 0.389. The van der Waals surface area contributed by atoms with Crippen LogP contribution in [0.2, 0.25) is 0 Å². The van der Waals surface area contributed by atoms with Gasteiger partial charge in [0, 0.05) is 29.8 Å². The molecule has 1 aromatic rings. The maximum Gasteiger partial charge on any atom is 0.0469 e. The lowest BCUT2D eigenvalue weighted by atomic mass is 9.92. The van der Waals surface area contributed by atoms with Crippen LogP contribution in [0.25, 0.3) is 0 Å². The number of nitrogens with one attached hydrogen (secondary N) is 1. The molecule has 0 bridgehead atoms. The van der Waals surface area contributed by atoms with Crippen molar-refractivity contribution in [3.8, 4) is 0 Å². The largest absolute Gasteiger partial charge is 0.381 e. The summed E-state index contributed by atoms with van der Waals surface area (Å²) in [5, 5.41) is 3.72. The summed E-state index contributed by atoms with van der Waals surface area (Å²) in [6.45, 7) is 6.37. The second kappa shape index (κ2) is 6.69. The fourth-order valence-electron chi connectivity index (χ4n) is 2.62.